The lowest BCUT2D eigenvalue weighted by molar-refractivity contribution is 0.129. The third kappa shape index (κ3) is 3.90. The van der Waals surface area contributed by atoms with Crippen LogP contribution < -0.4 is 11.2 Å². The molecule has 2 aromatic rings. The van der Waals surface area contributed by atoms with Crippen LogP contribution in [0.4, 0.5) is 0 Å². The van der Waals surface area contributed by atoms with Gasteiger partial charge in [-0.05, 0) is 17.7 Å². The predicted octanol–water partition coefficient (Wildman–Crippen LogP) is 3.07. The molecule has 0 spiro atoms. The van der Waals surface area contributed by atoms with Gasteiger partial charge in [0.1, 0.15) is 0 Å². The number of fused-ring (bicyclic) bond motifs is 1. The zero-order valence-corrected chi connectivity index (χ0v) is 12.4. The molecule has 1 heterocycles. The molecule has 2 rings (SSSR count). The average Bonchev–Trinajstić information content (AvgIpc) is 2.63. The van der Waals surface area contributed by atoms with E-state index in [1.54, 1.807) is 0 Å². The van der Waals surface area contributed by atoms with Crippen molar-refractivity contribution in [1.82, 2.24) is 10.5 Å². The second-order valence-electron chi connectivity index (χ2n) is 3.35. The fraction of sp³-hybridized carbons (Fsp3) is 0.200. The Bertz CT molecular complexity index is 473. The quantitative estimate of drug-likeness (QED) is 0.652. The lowest BCUT2D eigenvalue weighted by atomic mass is 10.1. The van der Waals surface area contributed by atoms with Gasteiger partial charge in [-0.2, -0.15) is 5.48 Å². The van der Waals surface area contributed by atoms with Crippen molar-refractivity contribution in [2.45, 2.75) is 6.04 Å². The van der Waals surface area contributed by atoms with Gasteiger partial charge < -0.3 is 15.9 Å². The molecule has 1 atom stereocenters. The van der Waals surface area contributed by atoms with Crippen LogP contribution in [0.25, 0.3) is 10.9 Å². The number of nitrogens with one attached hydrogen (secondary N) is 2. The van der Waals surface area contributed by atoms with Crippen LogP contribution in [0.2, 0.25) is 5.02 Å². The van der Waals surface area contributed by atoms with Gasteiger partial charge in [-0.25, -0.2) is 0 Å². The van der Waals surface area contributed by atoms with Crippen LogP contribution in [-0.2, 0) is 0 Å². The molecule has 0 saturated carbocycles. The minimum Gasteiger partial charge on any atom is -0.361 e. The van der Waals surface area contributed by atoms with Gasteiger partial charge in [0.25, 0.3) is 0 Å². The summed E-state index contributed by atoms with van der Waals surface area (Å²) in [5.41, 5.74) is 9.59. The molecule has 18 heavy (non-hydrogen) atoms. The Hall–Kier alpha value is -0.200. The van der Waals surface area contributed by atoms with E-state index < -0.39 is 0 Å². The minimum absolute atomic E-state index is 0. The highest BCUT2D eigenvalue weighted by molar-refractivity contribution is 6.31. The van der Waals surface area contributed by atoms with Crippen LogP contribution in [0.1, 0.15) is 11.6 Å². The van der Waals surface area contributed by atoms with Gasteiger partial charge in [-0.1, -0.05) is 17.7 Å². The van der Waals surface area contributed by atoms with E-state index in [0.29, 0.717) is 11.6 Å². The number of H-pyrrole nitrogens is 1. The van der Waals surface area contributed by atoms with E-state index in [1.165, 1.54) is 0 Å². The molecule has 0 bridgehead atoms. The molecule has 8 heteroatoms. The van der Waals surface area contributed by atoms with Gasteiger partial charge in [0.15, 0.2) is 0 Å². The molecule has 0 fully saturated rings. The molecule has 0 aliphatic heterocycles. The highest BCUT2D eigenvalue weighted by Crippen LogP contribution is 2.25. The maximum atomic E-state index is 8.94. The van der Waals surface area contributed by atoms with E-state index in [-0.39, 0.29) is 43.3 Å². The Kier molecular flexibility index (Phi) is 9.87. The highest BCUT2D eigenvalue weighted by atomic mass is 35.5. The number of aromatic amines is 1. The van der Waals surface area contributed by atoms with Crippen LogP contribution in [-0.4, -0.2) is 16.7 Å². The molecular formula is C10H15Cl4N3O. The summed E-state index contributed by atoms with van der Waals surface area (Å²) in [5, 5.41) is 10.6. The van der Waals surface area contributed by atoms with Crippen LogP contribution >= 0.6 is 48.8 Å². The van der Waals surface area contributed by atoms with Gasteiger partial charge in [0.2, 0.25) is 0 Å². The van der Waals surface area contributed by atoms with Crippen molar-refractivity contribution in [2.24, 2.45) is 5.73 Å². The third-order valence-corrected chi connectivity index (χ3v) is 2.68. The number of hydroxylamine groups is 1. The molecule has 0 aliphatic rings. The molecule has 1 unspecified atom stereocenters. The van der Waals surface area contributed by atoms with Crippen LogP contribution in [0.15, 0.2) is 24.4 Å². The van der Waals surface area contributed by atoms with Gasteiger partial charge in [0.05, 0.1) is 6.04 Å². The Morgan fingerprint density at radius 2 is 2.00 bits per heavy atom. The number of hydrogen-bond acceptors (Lipinski definition) is 3. The maximum absolute atomic E-state index is 8.94. The standard InChI is InChI=1S/C10H12ClN3O.3ClH/c11-6-1-2-7-8(10(4-12)14-15)5-13-9(7)3-6;;;/h1-3,5,10,13-15H,4,12H2;3*1H. The Labute approximate surface area is 128 Å². The van der Waals surface area contributed by atoms with E-state index in [4.69, 9.17) is 22.5 Å². The molecule has 0 amide bonds. The van der Waals surface area contributed by atoms with Crippen molar-refractivity contribution in [2.75, 3.05) is 6.54 Å². The average molecular weight is 335 g/mol. The van der Waals surface area contributed by atoms with E-state index in [2.05, 4.69) is 10.5 Å². The van der Waals surface area contributed by atoms with E-state index in [9.17, 15) is 0 Å². The van der Waals surface area contributed by atoms with Crippen molar-refractivity contribution in [1.29, 1.82) is 0 Å². The summed E-state index contributed by atoms with van der Waals surface area (Å²) in [5.74, 6) is 0. The molecular weight excluding hydrogens is 320 g/mol. The second kappa shape index (κ2) is 8.82. The van der Waals surface area contributed by atoms with Crippen molar-refractivity contribution in [3.05, 3.63) is 35.0 Å². The van der Waals surface area contributed by atoms with Gasteiger partial charge in [-0.3, -0.25) is 0 Å². The number of hydrogen-bond donors (Lipinski definition) is 4. The summed E-state index contributed by atoms with van der Waals surface area (Å²) in [7, 11) is 0. The predicted molar refractivity (Wildman–Crippen MR) is 81.8 cm³/mol. The minimum atomic E-state index is -0.264. The smallest absolute Gasteiger partial charge is 0.0712 e. The van der Waals surface area contributed by atoms with E-state index in [0.717, 1.165) is 16.5 Å². The van der Waals surface area contributed by atoms with Gasteiger partial charge in [-0.15, -0.1) is 37.2 Å². The van der Waals surface area contributed by atoms with E-state index in [1.807, 2.05) is 24.4 Å². The molecule has 104 valence electrons. The maximum Gasteiger partial charge on any atom is 0.0712 e. The molecule has 1 aromatic heterocycles. The monoisotopic (exact) mass is 333 g/mol. The lowest BCUT2D eigenvalue weighted by Gasteiger charge is -2.10. The Morgan fingerprint density at radius 3 is 2.56 bits per heavy atom. The summed E-state index contributed by atoms with van der Waals surface area (Å²) in [6, 6.07) is 5.29. The summed E-state index contributed by atoms with van der Waals surface area (Å²) >= 11 is 5.87. The first-order valence-corrected chi connectivity index (χ1v) is 5.00. The first-order valence-electron chi connectivity index (χ1n) is 4.62. The molecule has 5 N–H and O–H groups in total. The molecule has 4 nitrogen and oxygen atoms in total. The van der Waals surface area contributed by atoms with Crippen molar-refractivity contribution in [3.63, 3.8) is 0 Å². The normalized spacial score (nSPS) is 11.1. The number of rotatable bonds is 3. The summed E-state index contributed by atoms with van der Waals surface area (Å²) in [6.45, 7) is 0.325. The number of nitrogens with two attached hydrogens (primary N) is 1. The number of aromatic nitrogens is 1. The molecule has 0 aliphatic carbocycles. The lowest BCUT2D eigenvalue weighted by Crippen LogP contribution is -2.24. The van der Waals surface area contributed by atoms with Gasteiger partial charge in [0, 0.05) is 28.7 Å². The SMILES string of the molecule is Cl.Cl.Cl.NCC(NO)c1c[nH]c2cc(Cl)ccc12. The first-order chi connectivity index (χ1) is 7.26. The van der Waals surface area contributed by atoms with Crippen molar-refractivity contribution < 1.29 is 5.21 Å². The van der Waals surface area contributed by atoms with Crippen molar-refractivity contribution in [3.8, 4) is 0 Å². The van der Waals surface area contributed by atoms with Gasteiger partial charge >= 0.3 is 0 Å². The molecule has 0 saturated heterocycles. The summed E-state index contributed by atoms with van der Waals surface area (Å²) < 4.78 is 0. The molecule has 0 radical (unpaired) electrons. The van der Waals surface area contributed by atoms with E-state index >= 15 is 0 Å². The van der Waals surface area contributed by atoms with Crippen molar-refractivity contribution >= 4 is 59.7 Å². The van der Waals surface area contributed by atoms with Crippen LogP contribution in [0.5, 0.6) is 0 Å². The highest BCUT2D eigenvalue weighted by Gasteiger charge is 2.13. The first kappa shape index (κ1) is 20.1. The largest absolute Gasteiger partial charge is 0.361 e. The zero-order chi connectivity index (χ0) is 10.8. The van der Waals surface area contributed by atoms with Crippen LogP contribution in [0, 0.1) is 0 Å². The summed E-state index contributed by atoms with van der Waals surface area (Å²) in [4.78, 5) is 3.09. The number of benzene rings is 1. The van der Waals surface area contributed by atoms with Crippen LogP contribution in [0.3, 0.4) is 0 Å². The number of halogens is 4. The topological polar surface area (TPSA) is 74.1 Å². The molecule has 1 aromatic carbocycles. The second-order valence-corrected chi connectivity index (χ2v) is 3.79. The third-order valence-electron chi connectivity index (χ3n) is 2.44. The Morgan fingerprint density at radius 1 is 1.33 bits per heavy atom. The summed E-state index contributed by atoms with van der Waals surface area (Å²) in [6.07, 6.45) is 1.82. The fourth-order valence-corrected chi connectivity index (χ4v) is 1.83. The zero-order valence-electron chi connectivity index (χ0n) is 9.22. The Balaban J connectivity index is 0. The fourth-order valence-electron chi connectivity index (χ4n) is 1.66.